The van der Waals surface area contributed by atoms with Crippen LogP contribution < -0.4 is 4.90 Å². The average Bonchev–Trinajstić information content (AvgIpc) is 2.78. The molecular formula is C22H24Cl2N2O4S. The van der Waals surface area contributed by atoms with E-state index < -0.39 is 22.0 Å². The molecule has 0 N–H and O–H groups in total. The van der Waals surface area contributed by atoms with Crippen molar-refractivity contribution in [2.24, 2.45) is 0 Å². The standard InChI is InChI=1S/C22H24Cl2N2O4S/c1-3-30-22(28)15(2)31(29)20-8-7-16(13-19(20)24)21(27)26-11-9-25(10-12-26)18-6-4-5-17(23)14-18/h4-8,13-15H,3,9-12H2,1-2H3. The normalized spacial score (nSPS) is 16.0. The Morgan fingerprint density at radius 3 is 2.42 bits per heavy atom. The quantitative estimate of drug-likeness (QED) is 0.581. The van der Waals surface area contributed by atoms with E-state index in [4.69, 9.17) is 27.9 Å². The van der Waals surface area contributed by atoms with Crippen molar-refractivity contribution in [2.75, 3.05) is 37.7 Å². The molecule has 1 aliphatic heterocycles. The summed E-state index contributed by atoms with van der Waals surface area (Å²) in [6.45, 7) is 5.95. The van der Waals surface area contributed by atoms with Crippen LogP contribution in [0, 0.1) is 0 Å². The second-order valence-electron chi connectivity index (χ2n) is 7.10. The SMILES string of the molecule is CCOC(=O)C(C)S(=O)c1ccc(C(=O)N2CCN(c3cccc(Cl)c3)CC2)cc1Cl. The van der Waals surface area contributed by atoms with E-state index in [0.717, 1.165) is 5.69 Å². The predicted octanol–water partition coefficient (Wildman–Crippen LogP) is 4.02. The van der Waals surface area contributed by atoms with Gasteiger partial charge >= 0.3 is 5.97 Å². The number of rotatable bonds is 6. The molecule has 2 unspecified atom stereocenters. The zero-order chi connectivity index (χ0) is 22.5. The molecule has 6 nitrogen and oxygen atoms in total. The smallest absolute Gasteiger partial charge is 0.321 e. The largest absolute Gasteiger partial charge is 0.465 e. The van der Waals surface area contributed by atoms with Crippen molar-refractivity contribution in [3.8, 4) is 0 Å². The predicted molar refractivity (Wildman–Crippen MR) is 124 cm³/mol. The molecule has 0 bridgehead atoms. The second kappa shape index (κ2) is 10.5. The molecule has 166 valence electrons. The lowest BCUT2D eigenvalue weighted by molar-refractivity contribution is -0.142. The Bertz CT molecular complexity index is 993. The van der Waals surface area contributed by atoms with Crippen LogP contribution >= 0.6 is 23.2 Å². The highest BCUT2D eigenvalue weighted by molar-refractivity contribution is 7.86. The molecule has 2 aromatic carbocycles. The summed E-state index contributed by atoms with van der Waals surface area (Å²) in [7, 11) is -1.67. The van der Waals surface area contributed by atoms with Crippen LogP contribution in [0.2, 0.25) is 10.0 Å². The van der Waals surface area contributed by atoms with Gasteiger partial charge in [-0.2, -0.15) is 0 Å². The van der Waals surface area contributed by atoms with Crippen molar-refractivity contribution in [3.63, 3.8) is 0 Å². The molecular weight excluding hydrogens is 459 g/mol. The zero-order valence-corrected chi connectivity index (χ0v) is 19.7. The third-order valence-electron chi connectivity index (χ3n) is 5.08. The van der Waals surface area contributed by atoms with Crippen LogP contribution in [0.15, 0.2) is 47.4 Å². The highest BCUT2D eigenvalue weighted by Gasteiger charge is 2.26. The van der Waals surface area contributed by atoms with Crippen molar-refractivity contribution in [2.45, 2.75) is 24.0 Å². The van der Waals surface area contributed by atoms with Crippen LogP contribution in [0.4, 0.5) is 5.69 Å². The lowest BCUT2D eigenvalue weighted by Gasteiger charge is -2.36. The van der Waals surface area contributed by atoms with Gasteiger partial charge in [0.05, 0.1) is 27.3 Å². The summed E-state index contributed by atoms with van der Waals surface area (Å²) < 4.78 is 17.6. The highest BCUT2D eigenvalue weighted by Crippen LogP contribution is 2.26. The van der Waals surface area contributed by atoms with E-state index in [9.17, 15) is 13.8 Å². The Hall–Kier alpha value is -2.09. The van der Waals surface area contributed by atoms with Crippen LogP contribution in [0.1, 0.15) is 24.2 Å². The van der Waals surface area contributed by atoms with Crippen molar-refractivity contribution in [3.05, 3.63) is 58.1 Å². The third-order valence-corrected chi connectivity index (χ3v) is 7.36. The molecule has 1 fully saturated rings. The van der Waals surface area contributed by atoms with Crippen LogP contribution in [0.3, 0.4) is 0 Å². The minimum Gasteiger partial charge on any atom is -0.465 e. The fourth-order valence-electron chi connectivity index (χ4n) is 3.36. The molecule has 0 saturated carbocycles. The van der Waals surface area contributed by atoms with Crippen LogP contribution in [-0.2, 0) is 20.3 Å². The Morgan fingerprint density at radius 2 is 1.81 bits per heavy atom. The summed E-state index contributed by atoms with van der Waals surface area (Å²) in [5.74, 6) is -0.682. The van der Waals surface area contributed by atoms with E-state index in [2.05, 4.69) is 4.90 Å². The first-order valence-electron chi connectivity index (χ1n) is 9.98. The van der Waals surface area contributed by atoms with Gasteiger partial charge < -0.3 is 14.5 Å². The number of hydrogen-bond donors (Lipinski definition) is 0. The highest BCUT2D eigenvalue weighted by atomic mass is 35.5. The summed E-state index contributed by atoms with van der Waals surface area (Å²) in [6, 6.07) is 12.3. The topological polar surface area (TPSA) is 66.9 Å². The number of esters is 1. The first-order chi connectivity index (χ1) is 14.8. The summed E-state index contributed by atoms with van der Waals surface area (Å²) in [4.78, 5) is 29.1. The Labute approximate surface area is 194 Å². The van der Waals surface area contributed by atoms with Crippen LogP contribution in [0.5, 0.6) is 0 Å². The van der Waals surface area contributed by atoms with Crippen molar-refractivity contribution in [1.82, 2.24) is 4.90 Å². The number of benzene rings is 2. The van der Waals surface area contributed by atoms with Gasteiger partial charge in [-0.1, -0.05) is 29.3 Å². The maximum absolute atomic E-state index is 12.9. The number of carbonyl (C=O) groups is 2. The van der Waals surface area contributed by atoms with Gasteiger partial charge in [-0.3, -0.25) is 13.8 Å². The third kappa shape index (κ3) is 5.59. The molecule has 1 heterocycles. The Morgan fingerprint density at radius 1 is 1.10 bits per heavy atom. The minimum atomic E-state index is -1.67. The van der Waals surface area contributed by atoms with Gasteiger partial charge in [-0.05, 0) is 50.2 Å². The lowest BCUT2D eigenvalue weighted by Crippen LogP contribution is -2.48. The molecule has 9 heteroatoms. The summed E-state index contributed by atoms with van der Waals surface area (Å²) in [5, 5.41) is 0.0249. The molecule has 0 aromatic heterocycles. The number of anilines is 1. The van der Waals surface area contributed by atoms with Gasteiger partial charge in [0.25, 0.3) is 5.91 Å². The summed E-state index contributed by atoms with van der Waals surface area (Å²) >= 11 is 12.4. The fraction of sp³-hybridized carbons (Fsp3) is 0.364. The van der Waals surface area contributed by atoms with Gasteiger partial charge in [-0.15, -0.1) is 0 Å². The van der Waals surface area contributed by atoms with E-state index in [1.807, 2.05) is 24.3 Å². The number of piperazine rings is 1. The van der Waals surface area contributed by atoms with Gasteiger partial charge in [0, 0.05) is 42.5 Å². The summed E-state index contributed by atoms with van der Waals surface area (Å²) in [5.41, 5.74) is 1.45. The fourth-order valence-corrected chi connectivity index (χ4v) is 5.03. The lowest BCUT2D eigenvalue weighted by atomic mass is 10.1. The zero-order valence-electron chi connectivity index (χ0n) is 17.3. The monoisotopic (exact) mass is 482 g/mol. The molecule has 1 saturated heterocycles. The Kier molecular flexibility index (Phi) is 7.97. The second-order valence-corrected chi connectivity index (χ2v) is 9.68. The minimum absolute atomic E-state index is 0.136. The molecule has 0 radical (unpaired) electrons. The molecule has 31 heavy (non-hydrogen) atoms. The van der Waals surface area contributed by atoms with Gasteiger partial charge in [0.15, 0.2) is 0 Å². The van der Waals surface area contributed by atoms with Gasteiger partial charge in [0.1, 0.15) is 5.25 Å². The summed E-state index contributed by atoms with van der Waals surface area (Å²) in [6.07, 6.45) is 0. The van der Waals surface area contributed by atoms with Crippen LogP contribution in [0.25, 0.3) is 0 Å². The number of hydrogen-bond acceptors (Lipinski definition) is 5. The van der Waals surface area contributed by atoms with E-state index in [1.165, 1.54) is 13.0 Å². The maximum atomic E-state index is 12.9. The van der Waals surface area contributed by atoms with E-state index in [1.54, 1.807) is 24.0 Å². The number of ether oxygens (including phenoxy) is 1. The molecule has 0 spiro atoms. The molecule has 2 aromatic rings. The first kappa shape index (κ1) is 23.6. The number of amides is 1. The molecule has 1 amide bonds. The number of halogens is 2. The molecule has 1 aliphatic rings. The van der Waals surface area contributed by atoms with E-state index in [0.29, 0.717) is 41.7 Å². The molecule has 3 rings (SSSR count). The Balaban J connectivity index is 1.66. The molecule has 2 atom stereocenters. The maximum Gasteiger partial charge on any atom is 0.321 e. The van der Waals surface area contributed by atoms with Crippen molar-refractivity contribution >= 4 is 51.6 Å². The van der Waals surface area contributed by atoms with Crippen LogP contribution in [-0.4, -0.2) is 59.0 Å². The van der Waals surface area contributed by atoms with Crippen molar-refractivity contribution < 1.29 is 18.5 Å². The molecule has 0 aliphatic carbocycles. The van der Waals surface area contributed by atoms with Gasteiger partial charge in [0.2, 0.25) is 0 Å². The van der Waals surface area contributed by atoms with E-state index in [-0.39, 0.29) is 17.5 Å². The average molecular weight is 483 g/mol. The first-order valence-corrected chi connectivity index (χ1v) is 11.9. The van der Waals surface area contributed by atoms with Crippen molar-refractivity contribution in [1.29, 1.82) is 0 Å². The van der Waals surface area contributed by atoms with Gasteiger partial charge in [-0.25, -0.2) is 0 Å². The number of carbonyl (C=O) groups excluding carboxylic acids is 2. The number of nitrogens with zero attached hydrogens (tertiary/aromatic N) is 2. The van der Waals surface area contributed by atoms with E-state index >= 15 is 0 Å².